The van der Waals surface area contributed by atoms with Crippen LogP contribution < -0.4 is 4.90 Å². The fraction of sp³-hybridized carbons (Fsp3) is 0.550. The topological polar surface area (TPSA) is 60.9 Å². The van der Waals surface area contributed by atoms with Gasteiger partial charge >= 0.3 is 6.03 Å². The van der Waals surface area contributed by atoms with Crippen LogP contribution in [0.4, 0.5) is 10.5 Å². The molecule has 3 aliphatic rings. The van der Waals surface area contributed by atoms with Crippen molar-refractivity contribution in [1.82, 2.24) is 9.80 Å². The second kappa shape index (κ2) is 5.96. The Morgan fingerprint density at radius 2 is 1.70 bits per heavy atom. The third-order valence-corrected chi connectivity index (χ3v) is 6.67. The van der Waals surface area contributed by atoms with Crippen molar-refractivity contribution in [3.8, 4) is 0 Å². The van der Waals surface area contributed by atoms with E-state index in [0.29, 0.717) is 17.4 Å². The molecule has 0 radical (unpaired) electrons. The Balaban J connectivity index is 1.95. The second-order valence-corrected chi connectivity index (χ2v) is 8.78. The minimum atomic E-state index is -1.28. The molecule has 27 heavy (non-hydrogen) atoms. The molecule has 144 valence electrons. The lowest BCUT2D eigenvalue weighted by Gasteiger charge is -2.57. The molecule has 3 aliphatic heterocycles. The third-order valence-electron chi connectivity index (χ3n) is 6.43. The van der Waals surface area contributed by atoms with E-state index in [1.807, 2.05) is 12.1 Å². The van der Waals surface area contributed by atoms with Gasteiger partial charge in [-0.15, -0.1) is 0 Å². The van der Waals surface area contributed by atoms with Crippen molar-refractivity contribution in [2.24, 2.45) is 17.3 Å². The number of rotatable bonds is 0. The summed E-state index contributed by atoms with van der Waals surface area (Å²) in [6, 6.07) is 4.76. The Morgan fingerprint density at radius 1 is 1.07 bits per heavy atom. The first-order valence-corrected chi connectivity index (χ1v) is 9.71. The van der Waals surface area contributed by atoms with Gasteiger partial charge in [-0.3, -0.25) is 19.4 Å². The molecule has 0 saturated carbocycles. The van der Waals surface area contributed by atoms with Crippen LogP contribution in [0.2, 0.25) is 5.02 Å². The molecule has 1 aromatic carbocycles. The number of carbonyl (C=O) groups excluding carboxylic acids is 3. The van der Waals surface area contributed by atoms with Gasteiger partial charge in [-0.25, -0.2) is 4.79 Å². The number of piperidine rings is 1. The van der Waals surface area contributed by atoms with Gasteiger partial charge in [0.25, 0.3) is 0 Å². The molecule has 1 spiro atoms. The van der Waals surface area contributed by atoms with Crippen molar-refractivity contribution >= 4 is 35.1 Å². The fourth-order valence-corrected chi connectivity index (χ4v) is 5.61. The van der Waals surface area contributed by atoms with Gasteiger partial charge in [-0.2, -0.15) is 0 Å². The van der Waals surface area contributed by atoms with Crippen molar-refractivity contribution in [2.75, 3.05) is 25.5 Å². The molecule has 0 aliphatic carbocycles. The molecule has 4 rings (SSSR count). The van der Waals surface area contributed by atoms with E-state index >= 15 is 0 Å². The zero-order valence-corrected chi connectivity index (χ0v) is 16.8. The summed E-state index contributed by atoms with van der Waals surface area (Å²) in [7, 11) is 2.93. The Hall–Kier alpha value is -2.08. The molecule has 3 heterocycles. The summed E-state index contributed by atoms with van der Waals surface area (Å²) < 4.78 is 0. The number of nitrogens with zero attached hydrogens (tertiary/aromatic N) is 3. The number of halogens is 1. The van der Waals surface area contributed by atoms with Crippen LogP contribution in [0.3, 0.4) is 0 Å². The maximum Gasteiger partial charge on any atom is 0.332 e. The Bertz CT molecular complexity index is 831. The van der Waals surface area contributed by atoms with Crippen LogP contribution in [0.1, 0.15) is 25.8 Å². The van der Waals surface area contributed by atoms with E-state index in [1.165, 1.54) is 14.1 Å². The van der Waals surface area contributed by atoms with E-state index in [2.05, 4.69) is 18.7 Å². The van der Waals surface area contributed by atoms with E-state index in [9.17, 15) is 14.4 Å². The van der Waals surface area contributed by atoms with Gasteiger partial charge in [0.05, 0.1) is 6.04 Å². The quantitative estimate of drug-likeness (QED) is 0.640. The first kappa shape index (κ1) is 18.3. The highest BCUT2D eigenvalue weighted by Crippen LogP contribution is 2.51. The maximum absolute atomic E-state index is 13.4. The molecule has 1 aromatic rings. The minimum Gasteiger partial charge on any atom is -0.366 e. The highest BCUT2D eigenvalue weighted by atomic mass is 35.5. The van der Waals surface area contributed by atoms with Crippen molar-refractivity contribution in [3.63, 3.8) is 0 Å². The van der Waals surface area contributed by atoms with Gasteiger partial charge in [-0.1, -0.05) is 31.5 Å². The first-order chi connectivity index (χ1) is 12.7. The standard InChI is InChI=1S/C20H24ClN3O3/c1-11-7-12(2)16-20(17(25)22(3)19(27)23(4)18(20)26)9-13-5-6-14(21)8-15(13)24(16)10-11/h5-6,8,11-12,16H,7,9-10H2,1-4H3/t11-,12-,16+/m1/s1. The first-order valence-electron chi connectivity index (χ1n) is 9.33. The van der Waals surface area contributed by atoms with Crippen LogP contribution >= 0.6 is 11.6 Å². The van der Waals surface area contributed by atoms with Crippen LogP contribution in [0, 0.1) is 17.3 Å². The lowest BCUT2D eigenvalue weighted by Crippen LogP contribution is -2.73. The number of imide groups is 2. The summed E-state index contributed by atoms with van der Waals surface area (Å²) >= 11 is 6.26. The number of hydrogen-bond donors (Lipinski definition) is 0. The molecule has 0 bridgehead atoms. The van der Waals surface area contributed by atoms with Crippen LogP contribution in [-0.2, 0) is 16.0 Å². The van der Waals surface area contributed by atoms with Crippen molar-refractivity contribution < 1.29 is 14.4 Å². The Morgan fingerprint density at radius 3 is 2.33 bits per heavy atom. The van der Waals surface area contributed by atoms with Gasteiger partial charge in [-0.05, 0) is 42.4 Å². The fourth-order valence-electron chi connectivity index (χ4n) is 5.45. The van der Waals surface area contributed by atoms with Crippen LogP contribution in [0.15, 0.2) is 18.2 Å². The number of amides is 4. The highest BCUT2D eigenvalue weighted by Gasteiger charge is 2.64. The maximum atomic E-state index is 13.4. The molecule has 0 N–H and O–H groups in total. The molecular formula is C20H24ClN3O3. The van der Waals surface area contributed by atoms with Gasteiger partial charge in [0.2, 0.25) is 11.8 Å². The summed E-state index contributed by atoms with van der Waals surface area (Å²) in [6.07, 6.45) is 1.22. The largest absolute Gasteiger partial charge is 0.366 e. The number of hydrogen-bond acceptors (Lipinski definition) is 4. The highest BCUT2D eigenvalue weighted by molar-refractivity contribution is 6.31. The Kier molecular flexibility index (Phi) is 4.04. The van der Waals surface area contributed by atoms with E-state index < -0.39 is 23.3 Å². The van der Waals surface area contributed by atoms with Crippen molar-refractivity contribution in [3.05, 3.63) is 28.8 Å². The summed E-state index contributed by atoms with van der Waals surface area (Å²) in [5.41, 5.74) is 0.645. The molecular weight excluding hydrogens is 366 g/mol. The predicted molar refractivity (Wildman–Crippen MR) is 103 cm³/mol. The molecule has 0 aromatic heterocycles. The lowest BCUT2D eigenvalue weighted by molar-refractivity contribution is -0.161. The third kappa shape index (κ3) is 2.35. The number of urea groups is 1. The summed E-state index contributed by atoms with van der Waals surface area (Å²) in [5, 5.41) is 0.639. The second-order valence-electron chi connectivity index (χ2n) is 8.35. The molecule has 4 amide bonds. The number of benzene rings is 1. The zero-order chi connectivity index (χ0) is 19.7. The Labute approximate surface area is 164 Å². The van der Waals surface area contributed by atoms with Gasteiger partial charge in [0.15, 0.2) is 5.41 Å². The van der Waals surface area contributed by atoms with E-state index in [-0.39, 0.29) is 12.0 Å². The van der Waals surface area contributed by atoms with E-state index in [4.69, 9.17) is 11.6 Å². The monoisotopic (exact) mass is 389 g/mol. The predicted octanol–water partition coefficient (Wildman–Crippen LogP) is 2.78. The summed E-state index contributed by atoms with van der Waals surface area (Å²) in [5.74, 6) is -0.229. The average molecular weight is 390 g/mol. The number of barbiturate groups is 1. The van der Waals surface area contributed by atoms with Gasteiger partial charge in [0, 0.05) is 31.4 Å². The molecule has 0 unspecified atom stereocenters. The smallest absolute Gasteiger partial charge is 0.332 e. The molecule has 3 atom stereocenters. The van der Waals surface area contributed by atoms with Crippen LogP contribution in [0.5, 0.6) is 0 Å². The molecule has 2 saturated heterocycles. The minimum absolute atomic E-state index is 0.129. The van der Waals surface area contributed by atoms with Gasteiger partial charge in [0.1, 0.15) is 0 Å². The SMILES string of the molecule is C[C@@H]1C[C@@H](C)[C@@H]2N(C1)c1cc(Cl)ccc1CC21C(=O)N(C)C(=O)N(C)C1=O. The number of carbonyl (C=O) groups is 3. The van der Waals surface area contributed by atoms with Crippen LogP contribution in [0.25, 0.3) is 0 Å². The number of anilines is 1. The van der Waals surface area contributed by atoms with Gasteiger partial charge < -0.3 is 4.90 Å². The van der Waals surface area contributed by atoms with Crippen molar-refractivity contribution in [2.45, 2.75) is 32.7 Å². The normalized spacial score (nSPS) is 29.9. The summed E-state index contributed by atoms with van der Waals surface area (Å²) in [6.45, 7) is 5.04. The number of fused-ring (bicyclic) bond motifs is 4. The zero-order valence-electron chi connectivity index (χ0n) is 16.0. The summed E-state index contributed by atoms with van der Waals surface area (Å²) in [4.78, 5) is 43.6. The van der Waals surface area contributed by atoms with E-state index in [0.717, 1.165) is 34.0 Å². The van der Waals surface area contributed by atoms with E-state index in [1.54, 1.807) is 6.07 Å². The average Bonchev–Trinajstić information content (AvgIpc) is 2.63. The lowest BCUT2D eigenvalue weighted by atomic mass is 9.62. The molecule has 7 heteroatoms. The molecule has 2 fully saturated rings. The molecule has 6 nitrogen and oxygen atoms in total. The van der Waals surface area contributed by atoms with Crippen molar-refractivity contribution in [1.29, 1.82) is 0 Å². The van der Waals surface area contributed by atoms with Crippen LogP contribution in [-0.4, -0.2) is 54.3 Å².